The van der Waals surface area contributed by atoms with Crippen molar-refractivity contribution in [3.05, 3.63) is 77.4 Å². The number of halogens is 1. The van der Waals surface area contributed by atoms with Gasteiger partial charge in [-0.2, -0.15) is 4.31 Å². The van der Waals surface area contributed by atoms with Crippen LogP contribution in [0.1, 0.15) is 17.0 Å². The first-order valence-electron chi connectivity index (χ1n) is 10.5. The zero-order valence-electron chi connectivity index (χ0n) is 18.1. The Hall–Kier alpha value is -3.04. The number of aromatic nitrogens is 2. The van der Waals surface area contributed by atoms with E-state index in [4.69, 9.17) is 0 Å². The number of benzene rings is 2. The summed E-state index contributed by atoms with van der Waals surface area (Å²) in [6, 6.07) is 15.6. The highest BCUT2D eigenvalue weighted by molar-refractivity contribution is 7.88. The molecule has 1 aliphatic heterocycles. The molecule has 0 atom stereocenters. The molecule has 1 aliphatic rings. The van der Waals surface area contributed by atoms with Crippen LogP contribution in [0, 0.1) is 19.7 Å². The van der Waals surface area contributed by atoms with E-state index in [2.05, 4.69) is 20.2 Å². The average molecular weight is 456 g/mol. The van der Waals surface area contributed by atoms with Gasteiger partial charge in [0.1, 0.15) is 23.3 Å². The van der Waals surface area contributed by atoms with Crippen molar-refractivity contribution in [2.75, 3.05) is 36.4 Å². The molecule has 0 unspecified atom stereocenters. The second-order valence-electron chi connectivity index (χ2n) is 7.92. The van der Waals surface area contributed by atoms with E-state index in [0.29, 0.717) is 43.4 Å². The van der Waals surface area contributed by atoms with Gasteiger partial charge < -0.3 is 10.2 Å². The molecule has 9 heteroatoms. The Morgan fingerprint density at radius 3 is 2.38 bits per heavy atom. The number of sulfonamides is 1. The summed E-state index contributed by atoms with van der Waals surface area (Å²) in [5.41, 5.74) is 2.57. The molecule has 0 amide bonds. The molecular formula is C23H26FN5O2S. The van der Waals surface area contributed by atoms with Crippen LogP contribution in [0.2, 0.25) is 0 Å². The topological polar surface area (TPSA) is 78.4 Å². The van der Waals surface area contributed by atoms with Crippen molar-refractivity contribution in [1.82, 2.24) is 14.3 Å². The number of hydrogen-bond acceptors (Lipinski definition) is 6. The van der Waals surface area contributed by atoms with Gasteiger partial charge in [-0.1, -0.05) is 29.8 Å². The highest BCUT2D eigenvalue weighted by Gasteiger charge is 2.28. The summed E-state index contributed by atoms with van der Waals surface area (Å²) < 4.78 is 40.5. The van der Waals surface area contributed by atoms with E-state index in [0.717, 1.165) is 11.5 Å². The van der Waals surface area contributed by atoms with Gasteiger partial charge in [-0.3, -0.25) is 0 Å². The smallest absolute Gasteiger partial charge is 0.218 e. The fraction of sp³-hybridized carbons (Fsp3) is 0.304. The molecule has 168 valence electrons. The van der Waals surface area contributed by atoms with Gasteiger partial charge in [-0.25, -0.2) is 22.8 Å². The minimum absolute atomic E-state index is 0.206. The summed E-state index contributed by atoms with van der Waals surface area (Å²) in [4.78, 5) is 11.1. The second kappa shape index (κ2) is 9.22. The molecule has 1 aromatic heterocycles. The Bertz CT molecular complexity index is 1190. The van der Waals surface area contributed by atoms with Crippen molar-refractivity contribution in [2.45, 2.75) is 19.6 Å². The van der Waals surface area contributed by atoms with Crippen molar-refractivity contribution in [2.24, 2.45) is 0 Å². The third-order valence-electron chi connectivity index (χ3n) is 5.34. The van der Waals surface area contributed by atoms with Crippen LogP contribution in [-0.4, -0.2) is 48.9 Å². The van der Waals surface area contributed by atoms with Gasteiger partial charge in [0.05, 0.1) is 5.75 Å². The van der Waals surface area contributed by atoms with E-state index in [1.807, 2.05) is 44.2 Å². The fourth-order valence-electron chi connectivity index (χ4n) is 3.69. The van der Waals surface area contributed by atoms with Crippen molar-refractivity contribution >= 4 is 27.3 Å². The van der Waals surface area contributed by atoms with Crippen LogP contribution < -0.4 is 10.2 Å². The van der Waals surface area contributed by atoms with Crippen LogP contribution >= 0.6 is 0 Å². The molecule has 1 saturated heterocycles. The molecule has 2 aromatic carbocycles. The van der Waals surface area contributed by atoms with E-state index in [-0.39, 0.29) is 5.75 Å². The molecule has 3 aromatic rings. The summed E-state index contributed by atoms with van der Waals surface area (Å²) in [5.74, 6) is 1.45. The van der Waals surface area contributed by atoms with Gasteiger partial charge in [-0.05, 0) is 43.7 Å². The van der Waals surface area contributed by atoms with E-state index in [1.165, 1.54) is 28.1 Å². The third-order valence-corrected chi connectivity index (χ3v) is 7.19. The number of rotatable bonds is 6. The first-order valence-corrected chi connectivity index (χ1v) is 12.1. The molecule has 1 N–H and O–H groups in total. The van der Waals surface area contributed by atoms with Crippen LogP contribution in [0.5, 0.6) is 0 Å². The highest BCUT2D eigenvalue weighted by atomic mass is 32.2. The van der Waals surface area contributed by atoms with E-state index < -0.39 is 15.8 Å². The standard InChI is InChI=1S/C23H26FN5O2S/c1-17-6-8-21(9-7-17)27-22-15-23(26-18(2)25-22)28-10-12-29(13-11-28)32(30,31)16-19-4-3-5-20(24)14-19/h3-9,14-15H,10-13,16H2,1-2H3,(H,25,26,27). The largest absolute Gasteiger partial charge is 0.354 e. The van der Waals surface area contributed by atoms with Gasteiger partial charge in [0.15, 0.2) is 0 Å². The fourth-order valence-corrected chi connectivity index (χ4v) is 5.19. The Labute approximate surface area is 188 Å². The predicted molar refractivity (Wildman–Crippen MR) is 124 cm³/mol. The minimum atomic E-state index is -3.52. The van der Waals surface area contributed by atoms with E-state index in [9.17, 15) is 12.8 Å². The lowest BCUT2D eigenvalue weighted by atomic mass is 10.2. The summed E-state index contributed by atoms with van der Waals surface area (Å²) in [6.45, 7) is 5.60. The summed E-state index contributed by atoms with van der Waals surface area (Å²) in [7, 11) is -3.52. The second-order valence-corrected chi connectivity index (χ2v) is 9.89. The Balaban J connectivity index is 1.42. The zero-order chi connectivity index (χ0) is 22.7. The lowest BCUT2D eigenvalue weighted by Crippen LogP contribution is -2.49. The number of piperazine rings is 1. The maximum atomic E-state index is 13.4. The number of aryl methyl sites for hydroxylation is 2. The first kappa shape index (κ1) is 22.2. The molecule has 2 heterocycles. The maximum Gasteiger partial charge on any atom is 0.218 e. The summed E-state index contributed by atoms with van der Waals surface area (Å²) in [5, 5.41) is 3.30. The van der Waals surface area contributed by atoms with Crippen LogP contribution in [0.4, 0.5) is 21.7 Å². The van der Waals surface area contributed by atoms with Crippen molar-refractivity contribution < 1.29 is 12.8 Å². The lowest BCUT2D eigenvalue weighted by Gasteiger charge is -2.34. The van der Waals surface area contributed by atoms with Crippen molar-refractivity contribution in [1.29, 1.82) is 0 Å². The molecule has 4 rings (SSSR count). The van der Waals surface area contributed by atoms with Crippen LogP contribution in [-0.2, 0) is 15.8 Å². The SMILES string of the molecule is Cc1ccc(Nc2cc(N3CCN(S(=O)(=O)Cc4cccc(F)c4)CC3)nc(C)n2)cc1. The number of anilines is 3. The first-order chi connectivity index (χ1) is 15.3. The normalized spacial score (nSPS) is 15.0. The summed E-state index contributed by atoms with van der Waals surface area (Å²) in [6.07, 6.45) is 0. The third kappa shape index (κ3) is 5.41. The van der Waals surface area contributed by atoms with E-state index in [1.54, 1.807) is 6.07 Å². The van der Waals surface area contributed by atoms with Crippen molar-refractivity contribution in [3.63, 3.8) is 0 Å². The molecule has 32 heavy (non-hydrogen) atoms. The molecule has 7 nitrogen and oxygen atoms in total. The van der Waals surface area contributed by atoms with Crippen LogP contribution in [0.3, 0.4) is 0 Å². The summed E-state index contributed by atoms with van der Waals surface area (Å²) >= 11 is 0. The molecule has 0 aliphatic carbocycles. The Morgan fingerprint density at radius 1 is 0.969 bits per heavy atom. The quantitative estimate of drug-likeness (QED) is 0.612. The van der Waals surface area contributed by atoms with Gasteiger partial charge >= 0.3 is 0 Å². The Morgan fingerprint density at radius 2 is 1.69 bits per heavy atom. The van der Waals surface area contributed by atoms with Crippen LogP contribution in [0.15, 0.2) is 54.6 Å². The lowest BCUT2D eigenvalue weighted by molar-refractivity contribution is 0.383. The predicted octanol–water partition coefficient (Wildman–Crippen LogP) is 3.63. The minimum Gasteiger partial charge on any atom is -0.354 e. The van der Waals surface area contributed by atoms with Gasteiger partial charge in [0, 0.05) is 37.9 Å². The monoisotopic (exact) mass is 455 g/mol. The average Bonchev–Trinajstić information content (AvgIpc) is 2.75. The van der Waals surface area contributed by atoms with Gasteiger partial charge in [0.25, 0.3) is 0 Å². The molecular weight excluding hydrogens is 429 g/mol. The van der Waals surface area contributed by atoms with Gasteiger partial charge in [-0.15, -0.1) is 0 Å². The zero-order valence-corrected chi connectivity index (χ0v) is 18.9. The van der Waals surface area contributed by atoms with Crippen LogP contribution in [0.25, 0.3) is 0 Å². The molecule has 0 bridgehead atoms. The highest BCUT2D eigenvalue weighted by Crippen LogP contribution is 2.22. The van der Waals surface area contributed by atoms with Crippen molar-refractivity contribution in [3.8, 4) is 0 Å². The van der Waals surface area contributed by atoms with E-state index >= 15 is 0 Å². The Kier molecular flexibility index (Phi) is 6.38. The number of hydrogen-bond donors (Lipinski definition) is 1. The molecule has 0 radical (unpaired) electrons. The molecule has 1 fully saturated rings. The number of nitrogens with zero attached hydrogens (tertiary/aromatic N) is 4. The molecule has 0 saturated carbocycles. The number of nitrogens with one attached hydrogen (secondary N) is 1. The molecule has 0 spiro atoms. The van der Waals surface area contributed by atoms with Gasteiger partial charge in [0.2, 0.25) is 10.0 Å². The maximum absolute atomic E-state index is 13.4.